The van der Waals surface area contributed by atoms with Crippen molar-refractivity contribution < 1.29 is 9.53 Å². The van der Waals surface area contributed by atoms with E-state index in [0.29, 0.717) is 12.6 Å². The van der Waals surface area contributed by atoms with Crippen molar-refractivity contribution in [1.29, 1.82) is 0 Å². The monoisotopic (exact) mass is 324 g/mol. The Kier molecular flexibility index (Phi) is 5.04. The van der Waals surface area contributed by atoms with Crippen molar-refractivity contribution in [2.24, 2.45) is 0 Å². The lowest BCUT2D eigenvalue weighted by atomic mass is 10.2. The highest BCUT2D eigenvalue weighted by atomic mass is 16.5. The topological polar surface area (TPSA) is 32.8 Å². The number of benzene rings is 2. The summed E-state index contributed by atoms with van der Waals surface area (Å²) in [7, 11) is 1.94. The molecule has 1 fully saturated rings. The summed E-state index contributed by atoms with van der Waals surface area (Å²) in [5.41, 5.74) is 0.918. The number of rotatable bonds is 7. The van der Waals surface area contributed by atoms with E-state index in [1.165, 1.54) is 0 Å². The van der Waals surface area contributed by atoms with E-state index in [4.69, 9.17) is 4.74 Å². The SMILES string of the molecule is CCN(C(=O)CN(C)c1ccccc1Oc1ccccc1)C1CC1. The van der Waals surface area contributed by atoms with Crippen molar-refractivity contribution in [2.45, 2.75) is 25.8 Å². The highest BCUT2D eigenvalue weighted by molar-refractivity contribution is 5.82. The Labute approximate surface area is 143 Å². The van der Waals surface area contributed by atoms with Crippen molar-refractivity contribution >= 4 is 11.6 Å². The highest BCUT2D eigenvalue weighted by Gasteiger charge is 2.31. The van der Waals surface area contributed by atoms with Gasteiger partial charge in [-0.05, 0) is 44.0 Å². The van der Waals surface area contributed by atoms with E-state index < -0.39 is 0 Å². The Bertz CT molecular complexity index is 683. The lowest BCUT2D eigenvalue weighted by Crippen LogP contribution is -2.40. The summed E-state index contributed by atoms with van der Waals surface area (Å²) in [4.78, 5) is 16.5. The second-order valence-corrected chi connectivity index (χ2v) is 6.15. The number of nitrogens with zero attached hydrogens (tertiary/aromatic N) is 2. The van der Waals surface area contributed by atoms with Crippen molar-refractivity contribution in [2.75, 3.05) is 25.0 Å². The minimum absolute atomic E-state index is 0.178. The van der Waals surface area contributed by atoms with Gasteiger partial charge in [-0.3, -0.25) is 4.79 Å². The highest BCUT2D eigenvalue weighted by Crippen LogP contribution is 2.32. The maximum Gasteiger partial charge on any atom is 0.242 e. The predicted octanol–water partition coefficient (Wildman–Crippen LogP) is 3.93. The Morgan fingerprint density at radius 2 is 1.75 bits per heavy atom. The first-order valence-corrected chi connectivity index (χ1v) is 8.51. The molecule has 1 amide bonds. The third kappa shape index (κ3) is 3.88. The zero-order valence-corrected chi connectivity index (χ0v) is 14.3. The smallest absolute Gasteiger partial charge is 0.242 e. The summed E-state index contributed by atoms with van der Waals surface area (Å²) in [6.45, 7) is 3.18. The second kappa shape index (κ2) is 7.39. The third-order valence-corrected chi connectivity index (χ3v) is 4.27. The van der Waals surface area contributed by atoms with Crippen LogP contribution in [-0.4, -0.2) is 37.0 Å². The zero-order valence-electron chi connectivity index (χ0n) is 14.3. The average molecular weight is 324 g/mol. The molecule has 0 saturated heterocycles. The molecular weight excluding hydrogens is 300 g/mol. The van der Waals surface area contributed by atoms with Gasteiger partial charge in [-0.2, -0.15) is 0 Å². The number of carbonyl (C=O) groups is 1. The minimum Gasteiger partial charge on any atom is -0.455 e. The van der Waals surface area contributed by atoms with Crippen LogP contribution in [0.25, 0.3) is 0 Å². The molecule has 2 aromatic carbocycles. The average Bonchev–Trinajstić information content (AvgIpc) is 3.42. The second-order valence-electron chi connectivity index (χ2n) is 6.15. The molecular formula is C20H24N2O2. The summed E-state index contributed by atoms with van der Waals surface area (Å²) >= 11 is 0. The molecule has 0 atom stereocenters. The van der Waals surface area contributed by atoms with Crippen molar-refractivity contribution in [3.8, 4) is 11.5 Å². The van der Waals surface area contributed by atoms with Gasteiger partial charge in [0.05, 0.1) is 12.2 Å². The van der Waals surface area contributed by atoms with Crippen LogP contribution < -0.4 is 9.64 Å². The van der Waals surface area contributed by atoms with Crippen molar-refractivity contribution in [3.05, 3.63) is 54.6 Å². The van der Waals surface area contributed by atoms with Crippen LogP contribution in [0.4, 0.5) is 5.69 Å². The van der Waals surface area contributed by atoms with Crippen LogP contribution in [0.5, 0.6) is 11.5 Å². The standard InChI is InChI=1S/C20H24N2O2/c1-3-22(16-13-14-16)20(23)15-21(2)18-11-7-8-12-19(18)24-17-9-5-4-6-10-17/h4-12,16H,3,13-15H2,1-2H3. The first-order valence-electron chi connectivity index (χ1n) is 8.51. The van der Waals surface area contributed by atoms with E-state index in [9.17, 15) is 4.79 Å². The first-order chi connectivity index (χ1) is 11.7. The van der Waals surface area contributed by atoms with Crippen LogP contribution in [0.1, 0.15) is 19.8 Å². The molecule has 0 aliphatic heterocycles. The fourth-order valence-corrected chi connectivity index (χ4v) is 2.88. The maximum absolute atomic E-state index is 12.6. The van der Waals surface area contributed by atoms with E-state index in [1.807, 2.05) is 78.4 Å². The third-order valence-electron chi connectivity index (χ3n) is 4.27. The summed E-state index contributed by atoms with van der Waals surface area (Å²) in [6, 6.07) is 18.0. The molecule has 1 aliphatic rings. The van der Waals surface area contributed by atoms with Gasteiger partial charge in [0, 0.05) is 19.6 Å². The van der Waals surface area contributed by atoms with Gasteiger partial charge in [-0.25, -0.2) is 0 Å². The number of amides is 1. The number of likely N-dealkylation sites (N-methyl/N-ethyl adjacent to an activating group) is 2. The lowest BCUT2D eigenvalue weighted by Gasteiger charge is -2.26. The Balaban J connectivity index is 1.72. The van der Waals surface area contributed by atoms with Gasteiger partial charge in [0.2, 0.25) is 5.91 Å². The van der Waals surface area contributed by atoms with Crippen LogP contribution in [0.15, 0.2) is 54.6 Å². The van der Waals surface area contributed by atoms with Crippen LogP contribution in [-0.2, 0) is 4.79 Å². The molecule has 1 aliphatic carbocycles. The van der Waals surface area contributed by atoms with Gasteiger partial charge < -0.3 is 14.5 Å². The molecule has 2 aromatic rings. The summed E-state index contributed by atoms with van der Waals surface area (Å²) in [5, 5.41) is 0. The quantitative estimate of drug-likeness (QED) is 0.774. The molecule has 3 rings (SSSR count). The molecule has 0 aromatic heterocycles. The van der Waals surface area contributed by atoms with Gasteiger partial charge in [-0.1, -0.05) is 30.3 Å². The largest absolute Gasteiger partial charge is 0.455 e. The van der Waals surface area contributed by atoms with E-state index >= 15 is 0 Å². The van der Waals surface area contributed by atoms with E-state index in [2.05, 4.69) is 0 Å². The molecule has 0 bridgehead atoms. The molecule has 24 heavy (non-hydrogen) atoms. The minimum atomic E-state index is 0.178. The molecule has 4 nitrogen and oxygen atoms in total. The van der Waals surface area contributed by atoms with E-state index in [0.717, 1.165) is 36.6 Å². The Morgan fingerprint density at radius 1 is 1.08 bits per heavy atom. The molecule has 126 valence electrons. The maximum atomic E-state index is 12.6. The van der Waals surface area contributed by atoms with Crippen molar-refractivity contribution in [1.82, 2.24) is 4.90 Å². The lowest BCUT2D eigenvalue weighted by molar-refractivity contribution is -0.130. The van der Waals surface area contributed by atoms with Gasteiger partial charge in [-0.15, -0.1) is 0 Å². The number of para-hydroxylation sites is 3. The van der Waals surface area contributed by atoms with Gasteiger partial charge >= 0.3 is 0 Å². The fraction of sp³-hybridized carbons (Fsp3) is 0.350. The van der Waals surface area contributed by atoms with Crippen LogP contribution in [0.2, 0.25) is 0 Å². The summed E-state index contributed by atoms with van der Waals surface area (Å²) < 4.78 is 5.99. The molecule has 0 unspecified atom stereocenters. The summed E-state index contributed by atoms with van der Waals surface area (Å²) in [6.07, 6.45) is 2.27. The number of anilines is 1. The van der Waals surface area contributed by atoms with E-state index in [-0.39, 0.29) is 5.91 Å². The Morgan fingerprint density at radius 3 is 2.42 bits per heavy atom. The van der Waals surface area contributed by atoms with Gasteiger partial charge in [0.1, 0.15) is 5.75 Å². The number of ether oxygens (including phenoxy) is 1. The van der Waals surface area contributed by atoms with Crippen molar-refractivity contribution in [3.63, 3.8) is 0 Å². The molecule has 1 saturated carbocycles. The number of hydrogen-bond acceptors (Lipinski definition) is 3. The molecule has 0 N–H and O–H groups in total. The molecule has 4 heteroatoms. The first kappa shape index (κ1) is 16.4. The fourth-order valence-electron chi connectivity index (χ4n) is 2.88. The van der Waals surface area contributed by atoms with E-state index in [1.54, 1.807) is 0 Å². The van der Waals surface area contributed by atoms with Crippen LogP contribution >= 0.6 is 0 Å². The Hall–Kier alpha value is -2.49. The number of carbonyl (C=O) groups excluding carboxylic acids is 1. The van der Waals surface area contributed by atoms with Gasteiger partial charge in [0.15, 0.2) is 5.75 Å². The zero-order chi connectivity index (χ0) is 16.9. The van der Waals surface area contributed by atoms with Gasteiger partial charge in [0.25, 0.3) is 0 Å². The summed E-state index contributed by atoms with van der Waals surface area (Å²) in [5.74, 6) is 1.73. The predicted molar refractivity (Wildman–Crippen MR) is 96.6 cm³/mol. The molecule has 0 spiro atoms. The molecule has 0 radical (unpaired) electrons. The normalized spacial score (nSPS) is 13.4. The molecule has 0 heterocycles. The number of hydrogen-bond donors (Lipinski definition) is 0. The van der Waals surface area contributed by atoms with Crippen LogP contribution in [0, 0.1) is 0 Å². The van der Waals surface area contributed by atoms with Crippen LogP contribution in [0.3, 0.4) is 0 Å².